The fraction of sp³-hybridized carbons (Fsp3) is 0.923. The van der Waals surface area contributed by atoms with Gasteiger partial charge in [-0.3, -0.25) is 4.79 Å². The van der Waals surface area contributed by atoms with Crippen LogP contribution in [0.5, 0.6) is 0 Å². The van der Waals surface area contributed by atoms with E-state index in [-0.39, 0.29) is 18.0 Å². The number of hydrogen-bond acceptors (Lipinski definition) is 3. The molecule has 0 radical (unpaired) electrons. The van der Waals surface area contributed by atoms with Gasteiger partial charge in [0.15, 0.2) is 0 Å². The first-order chi connectivity index (χ1) is 7.74. The minimum absolute atomic E-state index is 0.0420. The molecule has 3 heteroatoms. The van der Waals surface area contributed by atoms with Crippen molar-refractivity contribution in [2.75, 3.05) is 13.2 Å². The molecule has 1 fully saturated rings. The van der Waals surface area contributed by atoms with Crippen molar-refractivity contribution in [3.63, 3.8) is 0 Å². The summed E-state index contributed by atoms with van der Waals surface area (Å²) in [4.78, 5) is 11.5. The predicted molar refractivity (Wildman–Crippen MR) is 63.2 cm³/mol. The second-order valence-corrected chi connectivity index (χ2v) is 4.69. The van der Waals surface area contributed by atoms with E-state index >= 15 is 0 Å². The van der Waals surface area contributed by atoms with Crippen LogP contribution in [-0.4, -0.2) is 25.3 Å². The number of esters is 1. The summed E-state index contributed by atoms with van der Waals surface area (Å²) in [7, 11) is 0. The van der Waals surface area contributed by atoms with Crippen LogP contribution in [0.25, 0.3) is 0 Å². The molecule has 0 aromatic carbocycles. The van der Waals surface area contributed by atoms with Gasteiger partial charge < -0.3 is 9.47 Å². The molecule has 2 unspecified atom stereocenters. The predicted octanol–water partition coefficient (Wildman–Crippen LogP) is 2.93. The van der Waals surface area contributed by atoms with Gasteiger partial charge in [-0.15, -0.1) is 0 Å². The summed E-state index contributed by atoms with van der Waals surface area (Å²) in [6, 6.07) is 0. The van der Waals surface area contributed by atoms with E-state index in [1.807, 2.05) is 6.92 Å². The molecule has 1 rings (SSSR count). The standard InChI is InChI=1S/C13H24O3/c1-3-4-5-6-7-8-11(2)13(14)16-10-12-9-15-12/h11-12H,3-10H2,1-2H3. The quantitative estimate of drug-likeness (QED) is 0.346. The van der Waals surface area contributed by atoms with Gasteiger partial charge >= 0.3 is 5.97 Å². The molecule has 1 aliphatic heterocycles. The normalized spacial score (nSPS) is 20.5. The molecule has 0 N–H and O–H groups in total. The average Bonchev–Trinajstić information content (AvgIpc) is 3.09. The maximum atomic E-state index is 11.5. The molecule has 0 spiro atoms. The third-order valence-electron chi connectivity index (χ3n) is 2.96. The third kappa shape index (κ3) is 6.11. The Balaban J connectivity index is 1.94. The zero-order chi connectivity index (χ0) is 11.8. The van der Waals surface area contributed by atoms with Crippen molar-refractivity contribution in [3.8, 4) is 0 Å². The summed E-state index contributed by atoms with van der Waals surface area (Å²) in [5.74, 6) is -0.0219. The molecule has 1 heterocycles. The summed E-state index contributed by atoms with van der Waals surface area (Å²) >= 11 is 0. The highest BCUT2D eigenvalue weighted by Gasteiger charge is 2.25. The molecule has 0 aromatic rings. The van der Waals surface area contributed by atoms with Crippen LogP contribution in [0.3, 0.4) is 0 Å². The number of unbranched alkanes of at least 4 members (excludes halogenated alkanes) is 4. The summed E-state index contributed by atoms with van der Waals surface area (Å²) < 4.78 is 10.1. The van der Waals surface area contributed by atoms with Gasteiger partial charge in [-0.2, -0.15) is 0 Å². The van der Waals surface area contributed by atoms with Crippen molar-refractivity contribution >= 4 is 5.97 Å². The fourth-order valence-electron chi connectivity index (χ4n) is 1.65. The Hall–Kier alpha value is -0.570. The van der Waals surface area contributed by atoms with Crippen molar-refractivity contribution in [2.45, 2.75) is 58.5 Å². The Kier molecular flexibility index (Phi) is 6.46. The van der Waals surface area contributed by atoms with Gasteiger partial charge in [-0.05, 0) is 6.42 Å². The highest BCUT2D eigenvalue weighted by Crippen LogP contribution is 2.14. The van der Waals surface area contributed by atoms with Crippen molar-refractivity contribution in [3.05, 3.63) is 0 Å². The lowest BCUT2D eigenvalue weighted by Crippen LogP contribution is -2.17. The molecular formula is C13H24O3. The number of epoxide rings is 1. The zero-order valence-corrected chi connectivity index (χ0v) is 10.5. The molecule has 1 saturated heterocycles. The summed E-state index contributed by atoms with van der Waals surface area (Å²) in [5, 5.41) is 0. The highest BCUT2D eigenvalue weighted by molar-refractivity contribution is 5.71. The van der Waals surface area contributed by atoms with E-state index in [0.29, 0.717) is 6.61 Å². The Bertz CT molecular complexity index is 199. The summed E-state index contributed by atoms with van der Waals surface area (Å²) in [6.07, 6.45) is 7.35. The molecule has 0 amide bonds. The SMILES string of the molecule is CCCCCCCC(C)C(=O)OCC1CO1. The van der Waals surface area contributed by atoms with Gasteiger partial charge in [-0.25, -0.2) is 0 Å². The van der Waals surface area contributed by atoms with E-state index in [1.54, 1.807) is 0 Å². The number of hydrogen-bond donors (Lipinski definition) is 0. The molecule has 2 atom stereocenters. The lowest BCUT2D eigenvalue weighted by molar-refractivity contribution is -0.148. The first-order valence-electron chi connectivity index (χ1n) is 6.52. The highest BCUT2D eigenvalue weighted by atomic mass is 16.6. The van der Waals surface area contributed by atoms with Crippen LogP contribution in [0.1, 0.15) is 52.4 Å². The first kappa shape index (κ1) is 13.5. The van der Waals surface area contributed by atoms with E-state index in [2.05, 4.69) is 6.92 Å². The number of ether oxygens (including phenoxy) is 2. The number of carbonyl (C=O) groups is 1. The minimum Gasteiger partial charge on any atom is -0.463 e. The van der Waals surface area contributed by atoms with E-state index < -0.39 is 0 Å². The van der Waals surface area contributed by atoms with Crippen LogP contribution in [0.15, 0.2) is 0 Å². The molecule has 0 saturated carbocycles. The first-order valence-corrected chi connectivity index (χ1v) is 6.52. The lowest BCUT2D eigenvalue weighted by Gasteiger charge is -2.10. The molecule has 3 nitrogen and oxygen atoms in total. The molecule has 0 aromatic heterocycles. The van der Waals surface area contributed by atoms with Crippen molar-refractivity contribution in [2.24, 2.45) is 5.92 Å². The molecule has 0 aliphatic carbocycles. The molecule has 0 bridgehead atoms. The third-order valence-corrected chi connectivity index (χ3v) is 2.96. The fourth-order valence-corrected chi connectivity index (χ4v) is 1.65. The monoisotopic (exact) mass is 228 g/mol. The summed E-state index contributed by atoms with van der Waals surface area (Å²) in [6.45, 7) is 5.35. The minimum atomic E-state index is -0.0639. The van der Waals surface area contributed by atoms with Gasteiger partial charge in [0.25, 0.3) is 0 Å². The molecular weight excluding hydrogens is 204 g/mol. The molecule has 16 heavy (non-hydrogen) atoms. The number of carbonyl (C=O) groups excluding carboxylic acids is 1. The largest absolute Gasteiger partial charge is 0.463 e. The van der Waals surface area contributed by atoms with Crippen molar-refractivity contribution in [1.29, 1.82) is 0 Å². The zero-order valence-electron chi connectivity index (χ0n) is 10.5. The van der Waals surface area contributed by atoms with Crippen LogP contribution in [0.2, 0.25) is 0 Å². The van der Waals surface area contributed by atoms with Crippen LogP contribution in [0, 0.1) is 5.92 Å². The molecule has 94 valence electrons. The topological polar surface area (TPSA) is 38.8 Å². The smallest absolute Gasteiger partial charge is 0.308 e. The van der Waals surface area contributed by atoms with E-state index in [4.69, 9.17) is 9.47 Å². The van der Waals surface area contributed by atoms with Crippen LogP contribution in [-0.2, 0) is 14.3 Å². The van der Waals surface area contributed by atoms with Crippen LogP contribution >= 0.6 is 0 Å². The van der Waals surface area contributed by atoms with E-state index in [1.165, 1.54) is 25.7 Å². The van der Waals surface area contributed by atoms with Gasteiger partial charge in [0.2, 0.25) is 0 Å². The van der Waals surface area contributed by atoms with Crippen molar-refractivity contribution < 1.29 is 14.3 Å². The van der Waals surface area contributed by atoms with Crippen LogP contribution < -0.4 is 0 Å². The van der Waals surface area contributed by atoms with Gasteiger partial charge in [0, 0.05) is 0 Å². The maximum Gasteiger partial charge on any atom is 0.308 e. The van der Waals surface area contributed by atoms with Crippen LogP contribution in [0.4, 0.5) is 0 Å². The number of rotatable bonds is 9. The Morgan fingerprint density at radius 3 is 2.69 bits per heavy atom. The van der Waals surface area contributed by atoms with Crippen molar-refractivity contribution in [1.82, 2.24) is 0 Å². The second kappa shape index (κ2) is 7.66. The van der Waals surface area contributed by atoms with E-state index in [9.17, 15) is 4.79 Å². The Morgan fingerprint density at radius 2 is 2.06 bits per heavy atom. The summed E-state index contributed by atoms with van der Waals surface area (Å²) in [5.41, 5.74) is 0. The maximum absolute atomic E-state index is 11.5. The van der Waals surface area contributed by atoms with E-state index in [0.717, 1.165) is 19.4 Å². The lowest BCUT2D eigenvalue weighted by atomic mass is 10.0. The van der Waals surface area contributed by atoms with Gasteiger partial charge in [-0.1, -0.05) is 46.0 Å². The average molecular weight is 228 g/mol. The van der Waals surface area contributed by atoms with Gasteiger partial charge in [0.05, 0.1) is 12.5 Å². The Labute approximate surface area is 98.5 Å². The Morgan fingerprint density at radius 1 is 1.38 bits per heavy atom. The molecule has 1 aliphatic rings. The van der Waals surface area contributed by atoms with Gasteiger partial charge in [0.1, 0.15) is 12.7 Å². The second-order valence-electron chi connectivity index (χ2n) is 4.69.